The number of unbranched alkanes of at least 4 members (excludes halogenated alkanes) is 2. The van der Waals surface area contributed by atoms with Crippen molar-refractivity contribution >= 4 is 5.97 Å². The van der Waals surface area contributed by atoms with Crippen LogP contribution in [-0.2, 0) is 9.53 Å². The number of nitrogens with zero attached hydrogens (tertiary/aromatic N) is 1. The van der Waals surface area contributed by atoms with Gasteiger partial charge in [0.25, 0.3) is 0 Å². The van der Waals surface area contributed by atoms with Gasteiger partial charge >= 0.3 is 5.97 Å². The van der Waals surface area contributed by atoms with E-state index >= 15 is 0 Å². The minimum Gasteiger partial charge on any atom is -0.466 e. The van der Waals surface area contributed by atoms with Crippen LogP contribution in [0.25, 0.3) is 0 Å². The summed E-state index contributed by atoms with van der Waals surface area (Å²) >= 11 is 0. The molecule has 0 aliphatic carbocycles. The zero-order valence-corrected chi connectivity index (χ0v) is 12.2. The van der Waals surface area contributed by atoms with Gasteiger partial charge in [0.15, 0.2) is 0 Å². The Morgan fingerprint density at radius 2 is 1.82 bits per heavy atom. The second-order valence-electron chi connectivity index (χ2n) is 5.20. The maximum Gasteiger partial charge on any atom is 0.305 e. The molecule has 0 aliphatic rings. The topological polar surface area (TPSA) is 29.5 Å². The summed E-state index contributed by atoms with van der Waals surface area (Å²) in [6, 6.07) is 0. The molecular formula is C14H29NO2. The van der Waals surface area contributed by atoms with Crippen molar-refractivity contribution in [3.05, 3.63) is 0 Å². The Kier molecular flexibility index (Phi) is 8.23. The van der Waals surface area contributed by atoms with Gasteiger partial charge in [0, 0.05) is 12.0 Å². The number of ether oxygens (including phenoxy) is 1. The second-order valence-corrected chi connectivity index (χ2v) is 5.20. The predicted molar refractivity (Wildman–Crippen MR) is 72.1 cm³/mol. The summed E-state index contributed by atoms with van der Waals surface area (Å²) in [4.78, 5) is 13.5. The van der Waals surface area contributed by atoms with Crippen LogP contribution in [0, 0.1) is 0 Å². The Bertz CT molecular complexity index is 214. The van der Waals surface area contributed by atoms with Crippen molar-refractivity contribution in [3.8, 4) is 0 Å². The van der Waals surface area contributed by atoms with E-state index in [4.69, 9.17) is 4.74 Å². The monoisotopic (exact) mass is 243 g/mol. The Labute approximate surface area is 107 Å². The Hall–Kier alpha value is -0.570. The van der Waals surface area contributed by atoms with Crippen LogP contribution in [0.2, 0.25) is 0 Å². The molecule has 3 heteroatoms. The van der Waals surface area contributed by atoms with E-state index in [1.54, 1.807) is 0 Å². The van der Waals surface area contributed by atoms with Crippen LogP contribution in [0.3, 0.4) is 0 Å². The van der Waals surface area contributed by atoms with Crippen LogP contribution in [0.15, 0.2) is 0 Å². The van der Waals surface area contributed by atoms with E-state index in [1.165, 1.54) is 0 Å². The van der Waals surface area contributed by atoms with Gasteiger partial charge in [-0.05, 0) is 53.6 Å². The van der Waals surface area contributed by atoms with Gasteiger partial charge in [-0.1, -0.05) is 13.3 Å². The molecule has 0 unspecified atom stereocenters. The Morgan fingerprint density at radius 1 is 1.18 bits per heavy atom. The van der Waals surface area contributed by atoms with E-state index in [1.807, 2.05) is 6.92 Å². The fourth-order valence-corrected chi connectivity index (χ4v) is 1.60. The molecule has 0 radical (unpaired) electrons. The minimum absolute atomic E-state index is 0.0604. The second kappa shape index (κ2) is 8.51. The number of rotatable bonds is 9. The van der Waals surface area contributed by atoms with Crippen molar-refractivity contribution in [2.24, 2.45) is 0 Å². The summed E-state index contributed by atoms with van der Waals surface area (Å²) in [5.41, 5.74) is 0.279. The van der Waals surface area contributed by atoms with E-state index in [0.29, 0.717) is 13.0 Å². The number of esters is 1. The van der Waals surface area contributed by atoms with Gasteiger partial charge in [0.1, 0.15) is 0 Å². The molecule has 0 bridgehead atoms. The minimum atomic E-state index is -0.0604. The quantitative estimate of drug-likeness (QED) is 0.460. The van der Waals surface area contributed by atoms with E-state index in [-0.39, 0.29) is 11.5 Å². The molecule has 0 N–H and O–H groups in total. The zero-order valence-electron chi connectivity index (χ0n) is 12.2. The molecule has 0 aromatic heterocycles. The largest absolute Gasteiger partial charge is 0.466 e. The first kappa shape index (κ1) is 16.4. The predicted octanol–water partition coefficient (Wildman–Crippen LogP) is 3.23. The van der Waals surface area contributed by atoms with Crippen molar-refractivity contribution in [2.45, 2.75) is 65.3 Å². The van der Waals surface area contributed by atoms with Gasteiger partial charge in [0.2, 0.25) is 0 Å². The molecule has 3 nitrogen and oxygen atoms in total. The molecule has 0 spiro atoms. The fourth-order valence-electron chi connectivity index (χ4n) is 1.60. The van der Waals surface area contributed by atoms with Crippen molar-refractivity contribution in [3.63, 3.8) is 0 Å². The van der Waals surface area contributed by atoms with Gasteiger partial charge in [-0.15, -0.1) is 0 Å². The number of carbonyl (C=O) groups excluding carboxylic acids is 1. The number of hydrogen-bond acceptors (Lipinski definition) is 3. The van der Waals surface area contributed by atoms with E-state index in [2.05, 4.69) is 32.7 Å². The molecular weight excluding hydrogens is 214 g/mol. The van der Waals surface area contributed by atoms with Crippen molar-refractivity contribution in [1.29, 1.82) is 0 Å². The summed E-state index contributed by atoms with van der Waals surface area (Å²) in [7, 11) is 2.18. The maximum atomic E-state index is 11.1. The summed E-state index contributed by atoms with van der Waals surface area (Å²) < 4.78 is 4.89. The van der Waals surface area contributed by atoms with Crippen LogP contribution < -0.4 is 0 Å². The third kappa shape index (κ3) is 7.37. The van der Waals surface area contributed by atoms with Gasteiger partial charge < -0.3 is 9.64 Å². The molecule has 102 valence electrons. The first-order valence-electron chi connectivity index (χ1n) is 6.81. The average Bonchev–Trinajstić information content (AvgIpc) is 2.28. The standard InChI is InChI=1S/C14H29NO2/c1-6-14(3,4)15(5)12-10-8-9-11-13(16)17-7-2/h6-12H2,1-5H3. The zero-order chi connectivity index (χ0) is 13.3. The van der Waals surface area contributed by atoms with Crippen molar-refractivity contribution in [2.75, 3.05) is 20.2 Å². The smallest absolute Gasteiger partial charge is 0.305 e. The molecule has 0 fully saturated rings. The molecule has 0 heterocycles. The summed E-state index contributed by atoms with van der Waals surface area (Å²) in [5.74, 6) is -0.0604. The highest BCUT2D eigenvalue weighted by Gasteiger charge is 2.19. The van der Waals surface area contributed by atoms with Crippen molar-refractivity contribution < 1.29 is 9.53 Å². The summed E-state index contributed by atoms with van der Waals surface area (Å²) in [5, 5.41) is 0. The molecule has 0 atom stereocenters. The SMILES string of the molecule is CCOC(=O)CCCCCN(C)C(C)(C)CC. The highest BCUT2D eigenvalue weighted by molar-refractivity contribution is 5.69. The number of hydrogen-bond donors (Lipinski definition) is 0. The lowest BCUT2D eigenvalue weighted by Crippen LogP contribution is -2.40. The van der Waals surface area contributed by atoms with Gasteiger partial charge in [-0.25, -0.2) is 0 Å². The molecule has 0 aromatic carbocycles. The molecule has 0 aliphatic heterocycles. The van der Waals surface area contributed by atoms with Gasteiger partial charge in [-0.2, -0.15) is 0 Å². The van der Waals surface area contributed by atoms with Gasteiger partial charge in [0.05, 0.1) is 6.61 Å². The van der Waals surface area contributed by atoms with Crippen LogP contribution in [-0.4, -0.2) is 36.6 Å². The Balaban J connectivity index is 3.55. The van der Waals surface area contributed by atoms with E-state index in [9.17, 15) is 4.79 Å². The van der Waals surface area contributed by atoms with Gasteiger partial charge in [-0.3, -0.25) is 4.79 Å². The van der Waals surface area contributed by atoms with Crippen molar-refractivity contribution in [1.82, 2.24) is 4.90 Å². The maximum absolute atomic E-state index is 11.1. The van der Waals surface area contributed by atoms with E-state index < -0.39 is 0 Å². The highest BCUT2D eigenvalue weighted by Crippen LogP contribution is 2.17. The normalized spacial score (nSPS) is 11.9. The lowest BCUT2D eigenvalue weighted by Gasteiger charge is -2.34. The van der Waals surface area contributed by atoms with Crippen LogP contribution in [0.1, 0.15) is 59.8 Å². The van der Waals surface area contributed by atoms with Crippen LogP contribution in [0.4, 0.5) is 0 Å². The summed E-state index contributed by atoms with van der Waals surface area (Å²) in [6.45, 7) is 10.2. The first-order valence-corrected chi connectivity index (χ1v) is 6.81. The fraction of sp³-hybridized carbons (Fsp3) is 0.929. The first-order chi connectivity index (χ1) is 7.94. The lowest BCUT2D eigenvalue weighted by atomic mass is 9.99. The molecule has 0 saturated carbocycles. The molecule has 0 rings (SSSR count). The molecule has 17 heavy (non-hydrogen) atoms. The molecule has 0 amide bonds. The van der Waals surface area contributed by atoms with Crippen LogP contribution in [0.5, 0.6) is 0 Å². The lowest BCUT2D eigenvalue weighted by molar-refractivity contribution is -0.143. The highest BCUT2D eigenvalue weighted by atomic mass is 16.5. The van der Waals surface area contributed by atoms with Crippen LogP contribution >= 0.6 is 0 Å². The molecule has 0 aromatic rings. The third-order valence-corrected chi connectivity index (χ3v) is 3.58. The average molecular weight is 243 g/mol. The molecule has 0 saturated heterocycles. The Morgan fingerprint density at radius 3 is 2.35 bits per heavy atom. The summed E-state index contributed by atoms with van der Waals surface area (Å²) in [6.07, 6.45) is 4.92. The third-order valence-electron chi connectivity index (χ3n) is 3.58. The number of carbonyl (C=O) groups is 1. The van der Waals surface area contributed by atoms with E-state index in [0.717, 1.165) is 32.2 Å².